The van der Waals surface area contributed by atoms with Gasteiger partial charge in [0.25, 0.3) is 5.91 Å². The number of nitrogens with one attached hydrogen (secondary N) is 1. The molecule has 0 saturated heterocycles. The Morgan fingerprint density at radius 3 is 2.38 bits per heavy atom. The maximum Gasteiger partial charge on any atom is 0.326 e. The number of carboxylic acid groups (broad SMARTS) is 1. The number of carboxylic acids is 1. The van der Waals surface area contributed by atoms with Crippen LogP contribution in [0.2, 0.25) is 0 Å². The van der Waals surface area contributed by atoms with Crippen molar-refractivity contribution >= 4 is 11.9 Å². The highest BCUT2D eigenvalue weighted by Gasteiger charge is 2.19. The second-order valence-electron chi connectivity index (χ2n) is 3.24. The molecule has 0 aliphatic rings. The van der Waals surface area contributed by atoms with E-state index in [0.29, 0.717) is 5.56 Å². The monoisotopic (exact) mass is 223 g/mol. The Labute approximate surface area is 92.7 Å². The summed E-state index contributed by atoms with van der Waals surface area (Å²) >= 11 is 0. The summed E-state index contributed by atoms with van der Waals surface area (Å²) in [6.45, 7) is -0.286. The molecule has 0 saturated carbocycles. The number of carbonyl (C=O) groups excluding carboxylic acids is 1. The molecule has 16 heavy (non-hydrogen) atoms. The van der Waals surface area contributed by atoms with Gasteiger partial charge in [0.1, 0.15) is 6.04 Å². The summed E-state index contributed by atoms with van der Waals surface area (Å²) in [4.78, 5) is 22.3. The van der Waals surface area contributed by atoms with Gasteiger partial charge in [-0.15, -0.1) is 0 Å². The molecule has 1 unspecified atom stereocenters. The lowest BCUT2D eigenvalue weighted by molar-refractivity contribution is -0.139. The second-order valence-corrected chi connectivity index (χ2v) is 3.24. The van der Waals surface area contributed by atoms with Gasteiger partial charge in [0.15, 0.2) is 0 Å². The lowest BCUT2D eigenvalue weighted by Crippen LogP contribution is -2.41. The molecule has 86 valence electrons. The molecule has 3 N–H and O–H groups in total. The van der Waals surface area contributed by atoms with E-state index in [1.165, 1.54) is 0 Å². The molecule has 0 heterocycles. The molecule has 0 radical (unpaired) electrons. The van der Waals surface area contributed by atoms with Crippen molar-refractivity contribution in [3.8, 4) is 0 Å². The van der Waals surface area contributed by atoms with Crippen LogP contribution in [-0.4, -0.2) is 34.7 Å². The summed E-state index contributed by atoms with van der Waals surface area (Å²) in [5, 5.41) is 19.8. The van der Waals surface area contributed by atoms with E-state index in [9.17, 15) is 9.59 Å². The number of hydrogen-bond donors (Lipinski definition) is 3. The third kappa shape index (κ3) is 3.36. The van der Waals surface area contributed by atoms with Gasteiger partial charge in [0.2, 0.25) is 0 Å². The highest BCUT2D eigenvalue weighted by atomic mass is 16.4. The van der Waals surface area contributed by atoms with Gasteiger partial charge in [0, 0.05) is 18.6 Å². The molecule has 0 fully saturated rings. The number of aliphatic carboxylic acids is 1. The fraction of sp³-hybridized carbons (Fsp3) is 0.273. The number of aliphatic hydroxyl groups is 1. The molecule has 1 rings (SSSR count). The molecule has 1 aromatic carbocycles. The molecule has 0 aliphatic carbocycles. The van der Waals surface area contributed by atoms with Crippen molar-refractivity contribution in [1.82, 2.24) is 5.32 Å². The molecule has 0 aliphatic heterocycles. The Morgan fingerprint density at radius 1 is 1.25 bits per heavy atom. The first kappa shape index (κ1) is 12.2. The third-order valence-corrected chi connectivity index (χ3v) is 2.06. The molecular weight excluding hydrogens is 210 g/mol. The first-order valence-corrected chi connectivity index (χ1v) is 4.84. The number of hydrogen-bond acceptors (Lipinski definition) is 3. The maximum absolute atomic E-state index is 11.6. The summed E-state index contributed by atoms with van der Waals surface area (Å²) in [5.41, 5.74) is 0.395. The Hall–Kier alpha value is -1.88. The first-order valence-electron chi connectivity index (χ1n) is 4.84. The predicted molar refractivity (Wildman–Crippen MR) is 57.0 cm³/mol. The minimum atomic E-state index is -1.15. The Kier molecular flexibility index (Phi) is 4.47. The van der Waals surface area contributed by atoms with Gasteiger partial charge < -0.3 is 15.5 Å². The molecule has 0 bridgehead atoms. The minimum Gasteiger partial charge on any atom is -0.480 e. The molecular formula is C11H13NO4. The smallest absolute Gasteiger partial charge is 0.326 e. The molecule has 0 aromatic heterocycles. The van der Waals surface area contributed by atoms with E-state index in [0.717, 1.165) is 0 Å². The summed E-state index contributed by atoms with van der Waals surface area (Å²) in [6.07, 6.45) is -0.00604. The summed E-state index contributed by atoms with van der Waals surface area (Å²) in [6, 6.07) is 7.27. The second kappa shape index (κ2) is 5.87. The summed E-state index contributed by atoms with van der Waals surface area (Å²) in [5.74, 6) is -1.61. The van der Waals surface area contributed by atoms with Crippen LogP contribution in [0.1, 0.15) is 16.8 Å². The van der Waals surface area contributed by atoms with E-state index < -0.39 is 17.9 Å². The van der Waals surface area contributed by atoms with Crippen molar-refractivity contribution < 1.29 is 19.8 Å². The minimum absolute atomic E-state index is 0.00604. The summed E-state index contributed by atoms with van der Waals surface area (Å²) in [7, 11) is 0. The van der Waals surface area contributed by atoms with Crippen molar-refractivity contribution in [3.05, 3.63) is 35.9 Å². The molecule has 5 heteroatoms. The van der Waals surface area contributed by atoms with Gasteiger partial charge in [-0.3, -0.25) is 4.79 Å². The topological polar surface area (TPSA) is 86.6 Å². The average molecular weight is 223 g/mol. The van der Waals surface area contributed by atoms with E-state index in [-0.39, 0.29) is 13.0 Å². The number of rotatable bonds is 5. The predicted octanol–water partition coefficient (Wildman–Crippen LogP) is 0.252. The fourth-order valence-corrected chi connectivity index (χ4v) is 1.22. The van der Waals surface area contributed by atoms with E-state index in [4.69, 9.17) is 10.2 Å². The number of amides is 1. The van der Waals surface area contributed by atoms with E-state index in [1.807, 2.05) is 0 Å². The average Bonchev–Trinajstić information content (AvgIpc) is 2.29. The maximum atomic E-state index is 11.6. The molecule has 1 amide bonds. The van der Waals surface area contributed by atoms with E-state index in [1.54, 1.807) is 30.3 Å². The third-order valence-electron chi connectivity index (χ3n) is 2.06. The van der Waals surface area contributed by atoms with Crippen LogP contribution in [0.25, 0.3) is 0 Å². The summed E-state index contributed by atoms with van der Waals surface area (Å²) < 4.78 is 0. The van der Waals surface area contributed by atoms with Gasteiger partial charge in [0.05, 0.1) is 0 Å². The fourth-order valence-electron chi connectivity index (χ4n) is 1.22. The zero-order chi connectivity index (χ0) is 12.0. The zero-order valence-electron chi connectivity index (χ0n) is 8.59. The van der Waals surface area contributed by atoms with Crippen molar-refractivity contribution in [2.75, 3.05) is 6.61 Å². The van der Waals surface area contributed by atoms with Crippen LogP contribution in [0.3, 0.4) is 0 Å². The van der Waals surface area contributed by atoms with E-state index in [2.05, 4.69) is 5.32 Å². The first-order chi connectivity index (χ1) is 7.65. The van der Waals surface area contributed by atoms with Crippen LogP contribution in [0.4, 0.5) is 0 Å². The normalized spacial score (nSPS) is 11.8. The lowest BCUT2D eigenvalue weighted by Gasteiger charge is -2.12. The molecule has 0 spiro atoms. The van der Waals surface area contributed by atoms with Gasteiger partial charge in [-0.25, -0.2) is 4.79 Å². The van der Waals surface area contributed by atoms with Crippen molar-refractivity contribution in [3.63, 3.8) is 0 Å². The number of carbonyl (C=O) groups is 2. The van der Waals surface area contributed by atoms with Crippen LogP contribution in [-0.2, 0) is 4.79 Å². The number of aliphatic hydroxyl groups excluding tert-OH is 1. The van der Waals surface area contributed by atoms with Crippen LogP contribution in [0, 0.1) is 0 Å². The van der Waals surface area contributed by atoms with E-state index >= 15 is 0 Å². The SMILES string of the molecule is O=C(NC(CCO)C(=O)O)c1ccccc1. The Bertz CT molecular complexity index is 364. The van der Waals surface area contributed by atoms with Crippen molar-refractivity contribution in [2.24, 2.45) is 0 Å². The van der Waals surface area contributed by atoms with Crippen LogP contribution in [0.15, 0.2) is 30.3 Å². The highest BCUT2D eigenvalue weighted by Crippen LogP contribution is 2.00. The van der Waals surface area contributed by atoms with Gasteiger partial charge in [-0.2, -0.15) is 0 Å². The molecule has 1 atom stereocenters. The molecule has 1 aromatic rings. The highest BCUT2D eigenvalue weighted by molar-refractivity contribution is 5.96. The lowest BCUT2D eigenvalue weighted by atomic mass is 10.1. The van der Waals surface area contributed by atoms with Gasteiger partial charge >= 0.3 is 5.97 Å². The Balaban J connectivity index is 2.65. The van der Waals surface area contributed by atoms with Gasteiger partial charge in [-0.1, -0.05) is 18.2 Å². The largest absolute Gasteiger partial charge is 0.480 e. The van der Waals surface area contributed by atoms with Crippen molar-refractivity contribution in [1.29, 1.82) is 0 Å². The quantitative estimate of drug-likeness (QED) is 0.668. The van der Waals surface area contributed by atoms with Crippen LogP contribution in [0.5, 0.6) is 0 Å². The zero-order valence-corrected chi connectivity index (χ0v) is 8.59. The molecule has 5 nitrogen and oxygen atoms in total. The van der Waals surface area contributed by atoms with Crippen molar-refractivity contribution in [2.45, 2.75) is 12.5 Å². The standard InChI is InChI=1S/C11H13NO4/c13-7-6-9(11(15)16)12-10(14)8-4-2-1-3-5-8/h1-5,9,13H,6-7H2,(H,12,14)(H,15,16). The van der Waals surface area contributed by atoms with Crippen LogP contribution >= 0.6 is 0 Å². The Morgan fingerprint density at radius 2 is 1.88 bits per heavy atom. The van der Waals surface area contributed by atoms with Gasteiger partial charge in [-0.05, 0) is 12.1 Å². The van der Waals surface area contributed by atoms with Crippen LogP contribution < -0.4 is 5.32 Å². The number of benzene rings is 1.